The van der Waals surface area contributed by atoms with Crippen LogP contribution in [0.15, 0.2) is 29.7 Å². The summed E-state index contributed by atoms with van der Waals surface area (Å²) in [4.78, 5) is 0. The molecule has 4 N–H and O–H groups in total. The third-order valence-electron chi connectivity index (χ3n) is 4.05. The number of nitrogens with zero attached hydrogens (tertiary/aromatic N) is 2. The van der Waals surface area contributed by atoms with Crippen molar-refractivity contribution in [3.63, 3.8) is 0 Å². The summed E-state index contributed by atoms with van der Waals surface area (Å²) < 4.78 is 10.7. The van der Waals surface area contributed by atoms with E-state index in [1.807, 2.05) is 0 Å². The number of aromatic nitrogens is 2. The number of aryl methyl sites for hydroxylation is 1. The number of phenols is 1. The average Bonchev–Trinajstić information content (AvgIpc) is 2.97. The van der Waals surface area contributed by atoms with Crippen LogP contribution in [-0.2, 0) is 6.42 Å². The molecule has 124 valence electrons. The zero-order valence-corrected chi connectivity index (χ0v) is 13.5. The molecule has 0 saturated carbocycles. The van der Waals surface area contributed by atoms with Gasteiger partial charge in [0, 0.05) is 11.3 Å². The number of nitrogens with two attached hydrogens (primary N) is 1. The number of phenolic OH excluding ortho intramolecular Hbond substituents is 1. The van der Waals surface area contributed by atoms with Crippen molar-refractivity contribution in [3.8, 4) is 23.4 Å². The maximum absolute atomic E-state index is 9.83. The number of H-pyrrole nitrogens is 1. The quantitative estimate of drug-likeness (QED) is 0.793. The molecule has 0 amide bonds. The van der Waals surface area contributed by atoms with E-state index in [2.05, 4.69) is 23.2 Å². The Morgan fingerprint density at radius 2 is 2.29 bits per heavy atom. The minimum absolute atomic E-state index is 0.0324. The van der Waals surface area contributed by atoms with Gasteiger partial charge in [0.2, 0.25) is 11.8 Å². The Bertz CT molecular complexity index is 848. The Morgan fingerprint density at radius 1 is 1.50 bits per heavy atom. The van der Waals surface area contributed by atoms with Crippen LogP contribution in [0.2, 0.25) is 0 Å². The van der Waals surface area contributed by atoms with Crippen molar-refractivity contribution in [1.29, 1.82) is 5.26 Å². The molecule has 0 bridgehead atoms. The molecule has 1 atom stereocenters. The maximum Gasteiger partial charge on any atom is 0.244 e. The molecule has 7 nitrogen and oxygen atoms in total. The molecular weight excluding hydrogens is 308 g/mol. The van der Waals surface area contributed by atoms with Gasteiger partial charge in [-0.2, -0.15) is 5.26 Å². The zero-order chi connectivity index (χ0) is 17.3. The highest BCUT2D eigenvalue weighted by atomic mass is 16.5. The number of fused-ring (bicyclic) bond motifs is 1. The van der Waals surface area contributed by atoms with E-state index >= 15 is 0 Å². The minimum Gasteiger partial charge on any atom is -0.504 e. The molecule has 7 heteroatoms. The molecule has 3 rings (SSSR count). The van der Waals surface area contributed by atoms with Gasteiger partial charge in [0.15, 0.2) is 11.5 Å². The number of nitriles is 1. The van der Waals surface area contributed by atoms with Crippen molar-refractivity contribution in [2.45, 2.75) is 25.7 Å². The largest absolute Gasteiger partial charge is 0.504 e. The summed E-state index contributed by atoms with van der Waals surface area (Å²) in [7, 11) is 1.48. The van der Waals surface area contributed by atoms with Gasteiger partial charge in [0.05, 0.1) is 13.0 Å². The van der Waals surface area contributed by atoms with Gasteiger partial charge in [-0.3, -0.25) is 5.10 Å². The number of hydrogen-bond acceptors (Lipinski definition) is 6. The summed E-state index contributed by atoms with van der Waals surface area (Å²) in [5, 5.41) is 26.6. The molecule has 24 heavy (non-hydrogen) atoms. The summed E-state index contributed by atoms with van der Waals surface area (Å²) in [6.45, 7) is 2.06. The van der Waals surface area contributed by atoms with Gasteiger partial charge in [0.1, 0.15) is 11.6 Å². The Labute approximate surface area is 139 Å². The minimum atomic E-state index is -0.423. The molecule has 1 aliphatic heterocycles. The predicted molar refractivity (Wildman–Crippen MR) is 86.5 cm³/mol. The van der Waals surface area contributed by atoms with Crippen molar-refractivity contribution >= 4 is 0 Å². The van der Waals surface area contributed by atoms with Crippen LogP contribution in [0.1, 0.15) is 36.1 Å². The van der Waals surface area contributed by atoms with Crippen LogP contribution in [0.4, 0.5) is 0 Å². The van der Waals surface area contributed by atoms with Crippen LogP contribution in [0.5, 0.6) is 17.4 Å². The number of aromatic amines is 1. The van der Waals surface area contributed by atoms with Crippen molar-refractivity contribution in [3.05, 3.63) is 46.5 Å². The second-order valence-corrected chi connectivity index (χ2v) is 5.53. The molecule has 0 radical (unpaired) electrons. The maximum atomic E-state index is 9.83. The molecule has 1 aliphatic rings. The lowest BCUT2D eigenvalue weighted by Crippen LogP contribution is -2.21. The number of rotatable bonds is 4. The highest BCUT2D eigenvalue weighted by Crippen LogP contribution is 2.44. The van der Waals surface area contributed by atoms with Gasteiger partial charge >= 0.3 is 0 Å². The van der Waals surface area contributed by atoms with Crippen LogP contribution in [-0.4, -0.2) is 22.4 Å². The first-order valence-corrected chi connectivity index (χ1v) is 7.62. The normalized spacial score (nSPS) is 16.3. The molecule has 0 saturated heterocycles. The predicted octanol–water partition coefficient (Wildman–Crippen LogP) is 2.29. The third-order valence-corrected chi connectivity index (χ3v) is 4.05. The molecule has 1 aromatic carbocycles. The van der Waals surface area contributed by atoms with E-state index < -0.39 is 5.92 Å². The molecule has 2 heterocycles. The summed E-state index contributed by atoms with van der Waals surface area (Å²) in [5.41, 5.74) is 8.71. The highest BCUT2D eigenvalue weighted by molar-refractivity contribution is 5.57. The summed E-state index contributed by atoms with van der Waals surface area (Å²) >= 11 is 0. The second-order valence-electron chi connectivity index (χ2n) is 5.53. The number of allylic oxidation sites excluding steroid dienone is 1. The van der Waals surface area contributed by atoms with E-state index in [4.69, 9.17) is 15.2 Å². The molecule has 2 aromatic rings. The van der Waals surface area contributed by atoms with Crippen molar-refractivity contribution in [2.75, 3.05) is 7.11 Å². The van der Waals surface area contributed by atoms with Crippen LogP contribution in [0, 0.1) is 11.3 Å². The lowest BCUT2D eigenvalue weighted by molar-refractivity contribution is 0.370. The average molecular weight is 326 g/mol. The van der Waals surface area contributed by atoms with Crippen LogP contribution >= 0.6 is 0 Å². The number of nitrogens with one attached hydrogen (secondary N) is 1. The number of aromatic hydroxyl groups is 1. The van der Waals surface area contributed by atoms with E-state index in [-0.39, 0.29) is 11.6 Å². The van der Waals surface area contributed by atoms with Gasteiger partial charge in [-0.25, -0.2) is 0 Å². The highest BCUT2D eigenvalue weighted by Gasteiger charge is 2.35. The fourth-order valence-corrected chi connectivity index (χ4v) is 2.96. The van der Waals surface area contributed by atoms with Crippen LogP contribution < -0.4 is 15.2 Å². The first-order valence-electron chi connectivity index (χ1n) is 7.62. The third kappa shape index (κ3) is 2.42. The molecule has 0 aliphatic carbocycles. The van der Waals surface area contributed by atoms with E-state index in [0.717, 1.165) is 29.7 Å². The fraction of sp³-hybridized carbons (Fsp3) is 0.294. The van der Waals surface area contributed by atoms with Gasteiger partial charge in [-0.15, -0.1) is 5.10 Å². The molecular formula is C17H18N4O3. The Balaban J connectivity index is 2.21. The first kappa shape index (κ1) is 15.7. The van der Waals surface area contributed by atoms with Crippen molar-refractivity contribution < 1.29 is 14.6 Å². The van der Waals surface area contributed by atoms with Crippen molar-refractivity contribution in [1.82, 2.24) is 10.2 Å². The summed E-state index contributed by atoms with van der Waals surface area (Å²) in [6, 6.07) is 7.11. The Kier molecular flexibility index (Phi) is 4.04. The zero-order valence-electron chi connectivity index (χ0n) is 13.5. The molecule has 0 unspecified atom stereocenters. The number of benzene rings is 1. The van der Waals surface area contributed by atoms with E-state index in [1.165, 1.54) is 13.2 Å². The monoisotopic (exact) mass is 326 g/mol. The summed E-state index contributed by atoms with van der Waals surface area (Å²) in [5.74, 6) is 0.360. The van der Waals surface area contributed by atoms with E-state index in [0.29, 0.717) is 17.2 Å². The second kappa shape index (κ2) is 6.16. The van der Waals surface area contributed by atoms with Gasteiger partial charge in [-0.05, 0) is 24.1 Å². The lowest BCUT2D eigenvalue weighted by Gasteiger charge is -2.24. The number of ether oxygens (including phenoxy) is 2. The van der Waals surface area contributed by atoms with Gasteiger partial charge in [-0.1, -0.05) is 19.4 Å². The number of hydrogen-bond donors (Lipinski definition) is 3. The Morgan fingerprint density at radius 3 is 2.96 bits per heavy atom. The summed E-state index contributed by atoms with van der Waals surface area (Å²) in [6.07, 6.45) is 1.69. The molecule has 0 fully saturated rings. The smallest absolute Gasteiger partial charge is 0.244 e. The Hall–Kier alpha value is -3.14. The molecule has 1 aromatic heterocycles. The standard InChI is InChI=1S/C17H18N4O3/c1-3-4-11-15-14(9-5-6-12(22)13(7-9)23-2)10(8-18)16(19)24-17(15)21-20-11/h5-7,14,22H,3-4,19H2,1-2H3,(H,20,21)/t14-/m1/s1. The topological polar surface area (TPSA) is 117 Å². The van der Waals surface area contributed by atoms with Gasteiger partial charge < -0.3 is 20.3 Å². The SMILES string of the molecule is CCCc1[nH]nc2c1[C@H](c1ccc(O)c(OC)c1)C(C#N)=C(N)O2. The van der Waals surface area contributed by atoms with Crippen LogP contribution in [0.3, 0.4) is 0 Å². The van der Waals surface area contributed by atoms with E-state index in [1.54, 1.807) is 12.1 Å². The first-order chi connectivity index (χ1) is 11.6. The fourth-order valence-electron chi connectivity index (χ4n) is 2.96. The van der Waals surface area contributed by atoms with E-state index in [9.17, 15) is 10.4 Å². The molecule has 0 spiro atoms. The van der Waals surface area contributed by atoms with Gasteiger partial charge in [0.25, 0.3) is 0 Å². The lowest BCUT2D eigenvalue weighted by atomic mass is 9.83. The van der Waals surface area contributed by atoms with Crippen molar-refractivity contribution in [2.24, 2.45) is 5.73 Å². The number of methoxy groups -OCH3 is 1. The van der Waals surface area contributed by atoms with Crippen LogP contribution in [0.25, 0.3) is 0 Å².